The number of nitriles is 1. The van der Waals surface area contributed by atoms with Gasteiger partial charge >= 0.3 is 6.09 Å². The van der Waals surface area contributed by atoms with Crippen molar-refractivity contribution in [3.8, 4) is 17.2 Å². The van der Waals surface area contributed by atoms with Crippen molar-refractivity contribution in [3.63, 3.8) is 0 Å². The Morgan fingerprint density at radius 3 is 2.44 bits per heavy atom. The van der Waals surface area contributed by atoms with Gasteiger partial charge in [0.2, 0.25) is 0 Å². The number of nitrogens with one attached hydrogen (secondary N) is 1. The zero-order valence-electron chi connectivity index (χ0n) is 26.0. The number of fused-ring (bicyclic) bond motifs is 1. The lowest BCUT2D eigenvalue weighted by molar-refractivity contribution is -0.165. The fraction of sp³-hybridized carbons (Fsp3) is 0.515. The number of carbonyl (C=O) groups is 3. The molecule has 2 aliphatic heterocycles. The van der Waals surface area contributed by atoms with Crippen LogP contribution in [0.2, 0.25) is 0 Å². The van der Waals surface area contributed by atoms with Crippen LogP contribution in [0.1, 0.15) is 69.4 Å². The quantitative estimate of drug-likeness (QED) is 0.519. The van der Waals surface area contributed by atoms with Crippen LogP contribution >= 0.6 is 0 Å². The molecule has 2 heterocycles. The summed E-state index contributed by atoms with van der Waals surface area (Å²) in [6, 6.07) is 11.2. The van der Waals surface area contributed by atoms with E-state index in [0.29, 0.717) is 36.2 Å². The van der Waals surface area contributed by atoms with Gasteiger partial charge in [-0.25, -0.2) is 9.18 Å². The molecule has 0 saturated carbocycles. The monoisotopic (exact) mass is 592 g/mol. The Labute approximate surface area is 252 Å². The summed E-state index contributed by atoms with van der Waals surface area (Å²) < 4.78 is 27.1. The van der Waals surface area contributed by atoms with Crippen molar-refractivity contribution in [3.05, 3.63) is 58.9 Å². The predicted molar refractivity (Wildman–Crippen MR) is 159 cm³/mol. The molecule has 2 atom stereocenters. The molecule has 0 unspecified atom stereocenters. The van der Waals surface area contributed by atoms with Gasteiger partial charge in [-0.2, -0.15) is 5.26 Å². The van der Waals surface area contributed by atoms with Gasteiger partial charge in [0, 0.05) is 44.1 Å². The van der Waals surface area contributed by atoms with E-state index in [1.165, 1.54) is 11.0 Å². The molecular formula is C33H41FN4O5. The molecule has 1 fully saturated rings. The third kappa shape index (κ3) is 6.83. The lowest BCUT2D eigenvalue weighted by Crippen LogP contribution is -2.63. The molecular weight excluding hydrogens is 551 g/mol. The summed E-state index contributed by atoms with van der Waals surface area (Å²) in [5, 5.41) is 12.7. The van der Waals surface area contributed by atoms with Gasteiger partial charge in [0.15, 0.2) is 5.60 Å². The van der Waals surface area contributed by atoms with E-state index in [1.807, 2.05) is 32.9 Å². The van der Waals surface area contributed by atoms with Crippen LogP contribution in [0.4, 0.5) is 9.18 Å². The van der Waals surface area contributed by atoms with E-state index in [1.54, 1.807) is 50.9 Å². The Morgan fingerprint density at radius 2 is 1.81 bits per heavy atom. The number of halogens is 1. The summed E-state index contributed by atoms with van der Waals surface area (Å²) in [4.78, 5) is 42.4. The highest BCUT2D eigenvalue weighted by atomic mass is 19.1. The number of hydrogen-bond acceptors (Lipinski definition) is 6. The summed E-state index contributed by atoms with van der Waals surface area (Å²) in [6.07, 6.45) is -0.102. The molecule has 2 aliphatic rings. The van der Waals surface area contributed by atoms with E-state index in [9.17, 15) is 19.6 Å². The predicted octanol–water partition coefficient (Wildman–Crippen LogP) is 5.07. The topological polar surface area (TPSA) is 112 Å². The highest BCUT2D eigenvalue weighted by molar-refractivity contribution is 5.99. The number of amides is 3. The first-order valence-corrected chi connectivity index (χ1v) is 14.5. The maximum Gasteiger partial charge on any atom is 0.410 e. The molecule has 1 N–H and O–H groups in total. The highest BCUT2D eigenvalue weighted by Crippen LogP contribution is 2.37. The Kier molecular flexibility index (Phi) is 8.89. The van der Waals surface area contributed by atoms with Crippen molar-refractivity contribution in [1.29, 1.82) is 5.26 Å². The van der Waals surface area contributed by atoms with Gasteiger partial charge in [-0.1, -0.05) is 45.0 Å². The minimum Gasteiger partial charge on any atom is -0.444 e. The average molecular weight is 593 g/mol. The Hall–Kier alpha value is -3.97. The molecule has 2 aromatic rings. The number of rotatable bonds is 5. The van der Waals surface area contributed by atoms with Crippen LogP contribution < -0.4 is 5.32 Å². The molecule has 10 heteroatoms. The van der Waals surface area contributed by atoms with Crippen LogP contribution in [0, 0.1) is 22.6 Å². The number of nitrogens with zero attached hydrogens (tertiary/aromatic N) is 3. The average Bonchev–Trinajstić information content (AvgIpc) is 3.07. The molecule has 0 aliphatic carbocycles. The van der Waals surface area contributed by atoms with Crippen molar-refractivity contribution in [2.75, 3.05) is 26.7 Å². The van der Waals surface area contributed by atoms with Crippen LogP contribution in [0.25, 0.3) is 11.1 Å². The number of benzene rings is 2. The number of ether oxygens (including phenoxy) is 2. The standard InChI is InChI=1S/C33H41FN4O5/c1-31(2,3)33(20-38(13-8-14-42-33)30(41)43-32(4,5)6)29(40)36-25(18-35)15-23-11-9-22(17-27(23)34)21-10-12-24-19-37(7)28(39)26(24)16-21/h9-12,16-17,25H,8,13-15,19-20H2,1-7H3,(H,36,40)/t25-,33-/m0/s1. The SMILES string of the molecule is CN1Cc2ccc(-c3ccc(C[C@@H](C#N)NC(=O)[C@]4(C(C)(C)C)CN(C(=O)OC(C)(C)C)CCCO4)c(F)c3)cc2C1=O. The van der Waals surface area contributed by atoms with Gasteiger partial charge in [-0.05, 0) is 61.6 Å². The van der Waals surface area contributed by atoms with E-state index >= 15 is 4.39 Å². The smallest absolute Gasteiger partial charge is 0.410 e. The second-order valence-corrected chi connectivity index (χ2v) is 13.4. The molecule has 0 bridgehead atoms. The summed E-state index contributed by atoms with van der Waals surface area (Å²) in [7, 11) is 1.74. The minimum absolute atomic E-state index is 0.0580. The largest absolute Gasteiger partial charge is 0.444 e. The van der Waals surface area contributed by atoms with Crippen molar-refractivity contribution < 1.29 is 28.2 Å². The Bertz CT molecular complexity index is 1450. The van der Waals surface area contributed by atoms with E-state index in [2.05, 4.69) is 11.4 Å². The zero-order valence-corrected chi connectivity index (χ0v) is 26.0. The molecule has 0 aromatic heterocycles. The second-order valence-electron chi connectivity index (χ2n) is 13.4. The molecule has 9 nitrogen and oxygen atoms in total. The van der Waals surface area contributed by atoms with Gasteiger partial charge in [0.25, 0.3) is 11.8 Å². The van der Waals surface area contributed by atoms with E-state index in [-0.39, 0.29) is 31.0 Å². The van der Waals surface area contributed by atoms with Gasteiger partial charge in [-0.15, -0.1) is 0 Å². The van der Waals surface area contributed by atoms with Gasteiger partial charge in [0.1, 0.15) is 17.5 Å². The van der Waals surface area contributed by atoms with Crippen molar-refractivity contribution >= 4 is 17.9 Å². The molecule has 43 heavy (non-hydrogen) atoms. The summed E-state index contributed by atoms with van der Waals surface area (Å²) >= 11 is 0. The molecule has 0 radical (unpaired) electrons. The van der Waals surface area contributed by atoms with E-state index in [4.69, 9.17) is 9.47 Å². The molecule has 1 saturated heterocycles. The van der Waals surface area contributed by atoms with Crippen molar-refractivity contribution in [1.82, 2.24) is 15.1 Å². The molecule has 3 amide bonds. The van der Waals surface area contributed by atoms with Gasteiger partial charge < -0.3 is 24.6 Å². The van der Waals surface area contributed by atoms with Crippen molar-refractivity contribution in [2.45, 2.75) is 78.2 Å². The number of carbonyl (C=O) groups excluding carboxylic acids is 3. The van der Waals surface area contributed by atoms with Crippen LogP contribution in [0.5, 0.6) is 0 Å². The highest BCUT2D eigenvalue weighted by Gasteiger charge is 2.53. The van der Waals surface area contributed by atoms with Gasteiger partial charge in [0.05, 0.1) is 12.6 Å². The van der Waals surface area contributed by atoms with E-state index < -0.39 is 40.5 Å². The fourth-order valence-electron chi connectivity index (χ4n) is 5.45. The molecule has 0 spiro atoms. The van der Waals surface area contributed by atoms with E-state index in [0.717, 1.165) is 5.56 Å². The normalized spacial score (nSPS) is 19.7. The van der Waals surface area contributed by atoms with Crippen LogP contribution in [0.15, 0.2) is 36.4 Å². The Morgan fingerprint density at radius 1 is 1.14 bits per heavy atom. The maximum absolute atomic E-state index is 15.4. The lowest BCUT2D eigenvalue weighted by atomic mass is 9.75. The third-order valence-electron chi connectivity index (χ3n) is 7.93. The van der Waals surface area contributed by atoms with Crippen molar-refractivity contribution in [2.24, 2.45) is 5.41 Å². The maximum atomic E-state index is 15.4. The summed E-state index contributed by atoms with van der Waals surface area (Å²) in [5.74, 6) is -1.14. The molecule has 4 rings (SSSR count). The first kappa shape index (κ1) is 32.0. The van der Waals surface area contributed by atoms with Crippen LogP contribution in [0.3, 0.4) is 0 Å². The molecule has 230 valence electrons. The third-order valence-corrected chi connectivity index (χ3v) is 7.93. The Balaban J connectivity index is 1.53. The van der Waals surface area contributed by atoms with Crippen LogP contribution in [-0.4, -0.2) is 71.7 Å². The number of hydrogen-bond donors (Lipinski definition) is 1. The lowest BCUT2D eigenvalue weighted by Gasteiger charge is -2.44. The van der Waals surface area contributed by atoms with Gasteiger partial charge in [-0.3, -0.25) is 9.59 Å². The minimum atomic E-state index is -1.48. The first-order valence-electron chi connectivity index (χ1n) is 14.5. The second kappa shape index (κ2) is 12.0. The fourth-order valence-corrected chi connectivity index (χ4v) is 5.45. The summed E-state index contributed by atoms with van der Waals surface area (Å²) in [5.41, 5.74) is 0.162. The summed E-state index contributed by atoms with van der Waals surface area (Å²) in [6.45, 7) is 11.9. The zero-order chi connectivity index (χ0) is 31.7. The first-order chi connectivity index (χ1) is 20.0. The van der Waals surface area contributed by atoms with Crippen LogP contribution in [-0.2, 0) is 27.2 Å². The molecule has 2 aromatic carbocycles.